The Morgan fingerprint density at radius 3 is 2.29 bits per heavy atom. The molecule has 4 rings (SSSR count). The number of aromatic nitrogens is 2. The number of fused-ring (bicyclic) bond motifs is 2. The molecule has 1 aromatic heterocycles. The summed E-state index contributed by atoms with van der Waals surface area (Å²) in [6, 6.07) is 15.9. The Balaban J connectivity index is 1.98. The van der Waals surface area contributed by atoms with Crippen molar-refractivity contribution < 1.29 is 4.79 Å². The Labute approximate surface area is 139 Å². The average Bonchev–Trinajstić information content (AvgIpc) is 2.61. The number of amides is 1. The minimum Gasteiger partial charge on any atom is -0.300 e. The van der Waals surface area contributed by atoms with Gasteiger partial charge in [-0.25, -0.2) is 4.98 Å². The Morgan fingerprint density at radius 2 is 1.54 bits per heavy atom. The van der Waals surface area contributed by atoms with Gasteiger partial charge in [-0.15, -0.1) is 0 Å². The van der Waals surface area contributed by atoms with Crippen LogP contribution in [0.4, 0.5) is 5.69 Å². The van der Waals surface area contributed by atoms with E-state index < -0.39 is 6.04 Å². The first-order valence-corrected chi connectivity index (χ1v) is 7.99. The number of nitrogens with zero attached hydrogens (tertiary/aromatic N) is 3. The van der Waals surface area contributed by atoms with Crippen LogP contribution in [-0.2, 0) is 4.79 Å². The summed E-state index contributed by atoms with van der Waals surface area (Å²) in [5.41, 5.74) is 1.32. The zero-order valence-electron chi connectivity index (χ0n) is 13.5. The van der Waals surface area contributed by atoms with E-state index in [0.29, 0.717) is 16.7 Å². The molecule has 24 heavy (non-hydrogen) atoms. The maximum absolute atomic E-state index is 12.9. The molecule has 0 spiro atoms. The number of hydrogen-bond donors (Lipinski definition) is 0. The van der Waals surface area contributed by atoms with Gasteiger partial charge in [0, 0.05) is 5.69 Å². The fourth-order valence-corrected chi connectivity index (χ4v) is 3.39. The molecule has 0 aliphatic carbocycles. The summed E-state index contributed by atoms with van der Waals surface area (Å²) in [4.78, 5) is 32.2. The summed E-state index contributed by atoms with van der Waals surface area (Å²) < 4.78 is 1.54. The fraction of sp³-hybridized carbons (Fsp3) is 0.211. The highest BCUT2D eigenvalue weighted by Gasteiger charge is 2.37. The van der Waals surface area contributed by atoms with Crippen molar-refractivity contribution in [3.05, 3.63) is 70.8 Å². The third-order valence-electron chi connectivity index (χ3n) is 4.61. The predicted octanol–water partition coefficient (Wildman–Crippen LogP) is 3.07. The molecule has 120 valence electrons. The van der Waals surface area contributed by atoms with Crippen molar-refractivity contribution in [1.82, 2.24) is 9.55 Å². The second kappa shape index (κ2) is 5.30. The van der Waals surface area contributed by atoms with Crippen molar-refractivity contribution in [1.29, 1.82) is 0 Å². The summed E-state index contributed by atoms with van der Waals surface area (Å²) in [5.74, 6) is 0.523. The van der Waals surface area contributed by atoms with Gasteiger partial charge in [-0.1, -0.05) is 30.3 Å². The molecule has 0 unspecified atom stereocenters. The molecule has 1 aliphatic rings. The maximum atomic E-state index is 12.9. The molecule has 2 atom stereocenters. The topological polar surface area (TPSA) is 55.2 Å². The number of carbonyl (C=O) groups is 1. The third kappa shape index (κ3) is 1.98. The highest BCUT2D eigenvalue weighted by atomic mass is 16.2. The summed E-state index contributed by atoms with van der Waals surface area (Å²) in [5, 5.41) is 0.543. The fourth-order valence-electron chi connectivity index (χ4n) is 3.39. The van der Waals surface area contributed by atoms with Crippen LogP contribution in [0.2, 0.25) is 0 Å². The van der Waals surface area contributed by atoms with E-state index in [1.807, 2.05) is 55.5 Å². The van der Waals surface area contributed by atoms with E-state index in [9.17, 15) is 9.59 Å². The molecular weight excluding hydrogens is 302 g/mol. The van der Waals surface area contributed by atoms with Crippen LogP contribution in [0, 0.1) is 0 Å². The van der Waals surface area contributed by atoms with Crippen LogP contribution < -0.4 is 10.5 Å². The van der Waals surface area contributed by atoms with Crippen molar-refractivity contribution in [3.8, 4) is 0 Å². The maximum Gasteiger partial charge on any atom is 0.262 e. The third-order valence-corrected chi connectivity index (χ3v) is 4.61. The van der Waals surface area contributed by atoms with Crippen LogP contribution in [0.15, 0.2) is 59.4 Å². The van der Waals surface area contributed by atoms with Crippen LogP contribution in [-0.4, -0.2) is 15.5 Å². The van der Waals surface area contributed by atoms with E-state index >= 15 is 0 Å². The van der Waals surface area contributed by atoms with Gasteiger partial charge in [0.05, 0.1) is 16.9 Å². The smallest absolute Gasteiger partial charge is 0.262 e. The molecule has 1 aliphatic heterocycles. The highest BCUT2D eigenvalue weighted by molar-refractivity contribution is 5.98. The number of para-hydroxylation sites is 2. The minimum absolute atomic E-state index is 0.0969. The molecule has 1 amide bonds. The monoisotopic (exact) mass is 319 g/mol. The molecule has 5 nitrogen and oxygen atoms in total. The minimum atomic E-state index is -0.582. The van der Waals surface area contributed by atoms with Gasteiger partial charge in [0.15, 0.2) is 0 Å². The van der Waals surface area contributed by atoms with E-state index in [1.54, 1.807) is 17.9 Å². The van der Waals surface area contributed by atoms with Gasteiger partial charge >= 0.3 is 0 Å². The van der Waals surface area contributed by atoms with Crippen LogP contribution in [0.3, 0.4) is 0 Å². The van der Waals surface area contributed by atoms with Gasteiger partial charge in [-0.3, -0.25) is 14.2 Å². The van der Waals surface area contributed by atoms with Gasteiger partial charge in [0.1, 0.15) is 11.9 Å². The van der Waals surface area contributed by atoms with Crippen molar-refractivity contribution >= 4 is 22.5 Å². The second-order valence-electron chi connectivity index (χ2n) is 6.06. The van der Waals surface area contributed by atoms with Gasteiger partial charge in [0.2, 0.25) is 0 Å². The van der Waals surface area contributed by atoms with Gasteiger partial charge in [0.25, 0.3) is 11.5 Å². The van der Waals surface area contributed by atoms with Crippen LogP contribution in [0.25, 0.3) is 10.9 Å². The summed E-state index contributed by atoms with van der Waals surface area (Å²) in [6.07, 6.45) is 0. The average molecular weight is 319 g/mol. The zero-order chi connectivity index (χ0) is 16.8. The van der Waals surface area contributed by atoms with Crippen LogP contribution in [0.1, 0.15) is 31.8 Å². The Hall–Kier alpha value is -2.95. The second-order valence-corrected chi connectivity index (χ2v) is 6.06. The lowest BCUT2D eigenvalue weighted by Gasteiger charge is -2.38. The Bertz CT molecular complexity index is 994. The molecule has 5 heteroatoms. The summed E-state index contributed by atoms with van der Waals surface area (Å²) in [6.45, 7) is 3.66. The Kier molecular flexibility index (Phi) is 3.23. The van der Waals surface area contributed by atoms with Crippen molar-refractivity contribution in [2.75, 3.05) is 4.90 Å². The number of anilines is 1. The summed E-state index contributed by atoms with van der Waals surface area (Å²) >= 11 is 0. The molecule has 0 bridgehead atoms. The standard InChI is InChI=1S/C19H17N3O2/c1-12-17-20-16-11-7-6-10-15(16)19(24)22(17)13(2)18(23)21(12)14-8-4-3-5-9-14/h3-13H,1-2H3/t12-,13-/m0/s1. The SMILES string of the molecule is C[C@H]1c2nc3ccccc3c(=O)n2[C@@H](C)C(=O)N1c1ccccc1. The lowest BCUT2D eigenvalue weighted by molar-refractivity contribution is -0.122. The van der Waals surface area contributed by atoms with E-state index in [2.05, 4.69) is 4.98 Å². The molecule has 2 heterocycles. The van der Waals surface area contributed by atoms with E-state index in [0.717, 1.165) is 5.69 Å². The Morgan fingerprint density at radius 1 is 0.875 bits per heavy atom. The molecule has 0 saturated carbocycles. The van der Waals surface area contributed by atoms with Crippen LogP contribution in [0.5, 0.6) is 0 Å². The number of rotatable bonds is 1. The zero-order valence-corrected chi connectivity index (χ0v) is 13.5. The lowest BCUT2D eigenvalue weighted by atomic mass is 10.1. The molecule has 0 N–H and O–H groups in total. The van der Waals surface area contributed by atoms with E-state index in [-0.39, 0.29) is 17.5 Å². The van der Waals surface area contributed by atoms with Crippen molar-refractivity contribution in [2.45, 2.75) is 25.9 Å². The number of benzene rings is 2. The molecule has 0 radical (unpaired) electrons. The molecular formula is C19H17N3O2. The first kappa shape index (κ1) is 14.6. The quantitative estimate of drug-likeness (QED) is 0.692. The van der Waals surface area contributed by atoms with Gasteiger partial charge in [-0.05, 0) is 38.1 Å². The largest absolute Gasteiger partial charge is 0.300 e. The first-order chi connectivity index (χ1) is 11.6. The van der Waals surface area contributed by atoms with Gasteiger partial charge in [-0.2, -0.15) is 0 Å². The number of carbonyl (C=O) groups excluding carboxylic acids is 1. The van der Waals surface area contributed by atoms with Crippen molar-refractivity contribution in [2.24, 2.45) is 0 Å². The normalized spacial score (nSPS) is 20.2. The molecule has 0 saturated heterocycles. The van der Waals surface area contributed by atoms with E-state index in [4.69, 9.17) is 0 Å². The molecule has 2 aromatic carbocycles. The predicted molar refractivity (Wildman–Crippen MR) is 93.1 cm³/mol. The summed E-state index contributed by atoms with van der Waals surface area (Å²) in [7, 11) is 0. The molecule has 3 aromatic rings. The van der Waals surface area contributed by atoms with Crippen molar-refractivity contribution in [3.63, 3.8) is 0 Å². The first-order valence-electron chi connectivity index (χ1n) is 7.99. The number of hydrogen-bond acceptors (Lipinski definition) is 3. The lowest BCUT2D eigenvalue weighted by Crippen LogP contribution is -2.48. The van der Waals surface area contributed by atoms with Crippen LogP contribution >= 0.6 is 0 Å². The molecule has 0 fully saturated rings. The van der Waals surface area contributed by atoms with Gasteiger partial charge < -0.3 is 4.90 Å². The van der Waals surface area contributed by atoms with E-state index in [1.165, 1.54) is 4.57 Å². The highest BCUT2D eigenvalue weighted by Crippen LogP contribution is 2.33.